The summed E-state index contributed by atoms with van der Waals surface area (Å²) in [7, 11) is 0. The number of nitrogens with one attached hydrogen (secondary N) is 1. The molecule has 1 aromatic rings. The summed E-state index contributed by atoms with van der Waals surface area (Å²) in [6, 6.07) is 4.79. The van der Waals surface area contributed by atoms with Crippen molar-refractivity contribution in [2.24, 2.45) is 0 Å². The Hall–Kier alpha value is -1.26. The molecule has 1 fully saturated rings. The van der Waals surface area contributed by atoms with Gasteiger partial charge in [-0.2, -0.15) is 0 Å². The van der Waals surface area contributed by atoms with Gasteiger partial charge in [-0.3, -0.25) is 9.59 Å². The fourth-order valence-corrected chi connectivity index (χ4v) is 2.99. The lowest BCUT2D eigenvalue weighted by atomic mass is 10.2. The van der Waals surface area contributed by atoms with Gasteiger partial charge in [0.1, 0.15) is 6.04 Å². The lowest BCUT2D eigenvalue weighted by molar-refractivity contribution is -0.135. The number of hydrogen-bond donors (Lipinski definition) is 1. The molecule has 1 N–H and O–H groups in total. The Kier molecular flexibility index (Phi) is 4.89. The molecule has 2 rings (SSSR count). The van der Waals surface area contributed by atoms with Crippen LogP contribution in [0.15, 0.2) is 18.2 Å². The second-order valence-corrected chi connectivity index (χ2v) is 5.60. The molecule has 20 heavy (non-hydrogen) atoms. The van der Waals surface area contributed by atoms with Crippen molar-refractivity contribution in [1.82, 2.24) is 10.2 Å². The molecule has 0 bridgehead atoms. The number of nitrogens with zero attached hydrogens (tertiary/aromatic N) is 1. The molecular weight excluding hydrogens is 299 g/mol. The van der Waals surface area contributed by atoms with Gasteiger partial charge < -0.3 is 10.2 Å². The molecule has 0 radical (unpaired) electrons. The van der Waals surface area contributed by atoms with E-state index in [1.54, 1.807) is 23.1 Å². The summed E-state index contributed by atoms with van der Waals surface area (Å²) in [5, 5.41) is 3.90. The molecule has 0 aliphatic carbocycles. The van der Waals surface area contributed by atoms with Gasteiger partial charge in [0.15, 0.2) is 0 Å². The first-order chi connectivity index (χ1) is 9.51. The van der Waals surface area contributed by atoms with E-state index >= 15 is 0 Å². The van der Waals surface area contributed by atoms with Crippen molar-refractivity contribution in [3.05, 3.63) is 33.8 Å². The number of halogens is 2. The molecule has 1 heterocycles. The quantitative estimate of drug-likeness (QED) is 0.928. The SMILES string of the molecule is CCN1C(=O)CC[C@H]1C(=O)NCc1cc(Cl)cc(Cl)c1. The highest BCUT2D eigenvalue weighted by molar-refractivity contribution is 6.34. The molecule has 2 amide bonds. The maximum atomic E-state index is 12.1. The van der Waals surface area contributed by atoms with E-state index in [9.17, 15) is 9.59 Å². The van der Waals surface area contributed by atoms with Crippen molar-refractivity contribution in [3.8, 4) is 0 Å². The molecule has 1 aliphatic heterocycles. The van der Waals surface area contributed by atoms with Gasteiger partial charge in [0, 0.05) is 29.6 Å². The van der Waals surface area contributed by atoms with Crippen molar-refractivity contribution in [2.45, 2.75) is 32.4 Å². The number of rotatable bonds is 4. The zero-order valence-electron chi connectivity index (χ0n) is 11.2. The minimum atomic E-state index is -0.359. The molecule has 0 saturated carbocycles. The van der Waals surface area contributed by atoms with Crippen molar-refractivity contribution >= 4 is 35.0 Å². The van der Waals surface area contributed by atoms with Gasteiger partial charge in [0.25, 0.3) is 0 Å². The third kappa shape index (κ3) is 3.44. The van der Waals surface area contributed by atoms with Crippen LogP contribution in [0.5, 0.6) is 0 Å². The van der Waals surface area contributed by atoms with Crippen LogP contribution in [0.3, 0.4) is 0 Å². The Balaban J connectivity index is 1.97. The van der Waals surface area contributed by atoms with Gasteiger partial charge in [0.05, 0.1) is 0 Å². The third-order valence-corrected chi connectivity index (χ3v) is 3.80. The standard InChI is InChI=1S/C14H16Cl2N2O2/c1-2-18-12(3-4-13(18)19)14(20)17-8-9-5-10(15)7-11(16)6-9/h5-7,12H,2-4,8H2,1H3,(H,17,20)/t12-/m0/s1. The van der Waals surface area contributed by atoms with Crippen molar-refractivity contribution in [3.63, 3.8) is 0 Å². The first kappa shape index (κ1) is 15.1. The fourth-order valence-electron chi connectivity index (χ4n) is 2.42. The summed E-state index contributed by atoms with van der Waals surface area (Å²) < 4.78 is 0. The van der Waals surface area contributed by atoms with Crippen LogP contribution in [0.4, 0.5) is 0 Å². The summed E-state index contributed by atoms with van der Waals surface area (Å²) in [6.07, 6.45) is 1.02. The van der Waals surface area contributed by atoms with Crippen LogP contribution < -0.4 is 5.32 Å². The molecule has 1 aliphatic rings. The number of likely N-dealkylation sites (tertiary alicyclic amines) is 1. The predicted octanol–water partition coefficient (Wildman–Crippen LogP) is 2.62. The van der Waals surface area contributed by atoms with E-state index in [-0.39, 0.29) is 17.9 Å². The minimum Gasteiger partial charge on any atom is -0.350 e. The third-order valence-electron chi connectivity index (χ3n) is 3.36. The Morgan fingerprint density at radius 3 is 2.60 bits per heavy atom. The maximum absolute atomic E-state index is 12.1. The van der Waals surface area contributed by atoms with Crippen molar-refractivity contribution < 1.29 is 9.59 Å². The van der Waals surface area contributed by atoms with E-state index in [2.05, 4.69) is 5.32 Å². The Morgan fingerprint density at radius 2 is 2.00 bits per heavy atom. The summed E-state index contributed by atoms with van der Waals surface area (Å²) in [5.41, 5.74) is 0.836. The first-order valence-corrected chi connectivity index (χ1v) is 7.29. The molecule has 6 heteroatoms. The Labute approximate surface area is 128 Å². The summed E-state index contributed by atoms with van der Waals surface area (Å²) >= 11 is 11.8. The highest BCUT2D eigenvalue weighted by Crippen LogP contribution is 2.20. The molecule has 108 valence electrons. The molecule has 1 atom stereocenters. The van der Waals surface area contributed by atoms with Gasteiger partial charge >= 0.3 is 0 Å². The monoisotopic (exact) mass is 314 g/mol. The Morgan fingerprint density at radius 1 is 1.35 bits per heavy atom. The average molecular weight is 315 g/mol. The molecule has 1 aromatic carbocycles. The van der Waals surface area contributed by atoms with Crippen LogP contribution in [0.1, 0.15) is 25.3 Å². The van der Waals surface area contributed by atoms with Gasteiger partial charge in [-0.25, -0.2) is 0 Å². The predicted molar refractivity (Wildman–Crippen MR) is 78.7 cm³/mol. The second kappa shape index (κ2) is 6.46. The smallest absolute Gasteiger partial charge is 0.243 e. The number of amides is 2. The van der Waals surface area contributed by atoms with Gasteiger partial charge in [-0.15, -0.1) is 0 Å². The highest BCUT2D eigenvalue weighted by atomic mass is 35.5. The normalized spacial score (nSPS) is 18.4. The van der Waals surface area contributed by atoms with E-state index in [0.29, 0.717) is 36.0 Å². The molecular formula is C14H16Cl2N2O2. The number of likely N-dealkylation sites (N-methyl/N-ethyl adjacent to an activating group) is 1. The fraction of sp³-hybridized carbons (Fsp3) is 0.429. The number of benzene rings is 1. The summed E-state index contributed by atoms with van der Waals surface area (Å²) in [6.45, 7) is 2.78. The van der Waals surface area contributed by atoms with Crippen LogP contribution in [-0.4, -0.2) is 29.3 Å². The topological polar surface area (TPSA) is 49.4 Å². The second-order valence-electron chi connectivity index (χ2n) is 4.73. The van der Waals surface area contributed by atoms with Crippen LogP contribution in [0.2, 0.25) is 10.0 Å². The van der Waals surface area contributed by atoms with Gasteiger partial charge in [0.2, 0.25) is 11.8 Å². The van der Waals surface area contributed by atoms with Crippen LogP contribution in [0.25, 0.3) is 0 Å². The van der Waals surface area contributed by atoms with E-state index in [1.807, 2.05) is 6.92 Å². The lowest BCUT2D eigenvalue weighted by Gasteiger charge is -2.22. The largest absolute Gasteiger partial charge is 0.350 e. The van der Waals surface area contributed by atoms with Gasteiger partial charge in [-0.1, -0.05) is 23.2 Å². The van der Waals surface area contributed by atoms with E-state index in [1.165, 1.54) is 0 Å². The molecule has 0 aromatic heterocycles. The van der Waals surface area contributed by atoms with E-state index < -0.39 is 0 Å². The summed E-state index contributed by atoms with van der Waals surface area (Å²) in [4.78, 5) is 25.3. The number of carbonyl (C=O) groups is 2. The molecule has 4 nitrogen and oxygen atoms in total. The van der Waals surface area contributed by atoms with E-state index in [0.717, 1.165) is 5.56 Å². The average Bonchev–Trinajstić information content (AvgIpc) is 2.76. The molecule has 0 unspecified atom stereocenters. The molecule has 0 spiro atoms. The first-order valence-electron chi connectivity index (χ1n) is 6.53. The lowest BCUT2D eigenvalue weighted by Crippen LogP contribution is -2.44. The minimum absolute atomic E-state index is 0.0402. The highest BCUT2D eigenvalue weighted by Gasteiger charge is 2.34. The van der Waals surface area contributed by atoms with E-state index in [4.69, 9.17) is 23.2 Å². The number of carbonyl (C=O) groups excluding carboxylic acids is 2. The van der Waals surface area contributed by atoms with Crippen LogP contribution in [-0.2, 0) is 16.1 Å². The zero-order valence-corrected chi connectivity index (χ0v) is 12.7. The van der Waals surface area contributed by atoms with Gasteiger partial charge in [-0.05, 0) is 37.1 Å². The van der Waals surface area contributed by atoms with Crippen LogP contribution in [0, 0.1) is 0 Å². The Bertz CT molecular complexity index is 514. The van der Waals surface area contributed by atoms with Crippen molar-refractivity contribution in [2.75, 3.05) is 6.54 Å². The summed E-state index contributed by atoms with van der Waals surface area (Å²) in [5.74, 6) is -0.0905. The maximum Gasteiger partial charge on any atom is 0.243 e. The molecule has 1 saturated heterocycles. The van der Waals surface area contributed by atoms with Crippen molar-refractivity contribution in [1.29, 1.82) is 0 Å². The van der Waals surface area contributed by atoms with Crippen LogP contribution >= 0.6 is 23.2 Å². The number of hydrogen-bond acceptors (Lipinski definition) is 2. The zero-order chi connectivity index (χ0) is 14.7.